The Bertz CT molecular complexity index is 10300. The van der Waals surface area contributed by atoms with Crippen LogP contribution >= 0.6 is 0 Å². The summed E-state index contributed by atoms with van der Waals surface area (Å²) in [7, 11) is -31.1. The van der Waals surface area contributed by atoms with Crippen LogP contribution in [0.15, 0.2) is 145 Å². The summed E-state index contributed by atoms with van der Waals surface area (Å²) < 4.78 is 948. The zero-order chi connectivity index (χ0) is 193. The summed E-state index contributed by atoms with van der Waals surface area (Å²) >= 11 is 0. The van der Waals surface area contributed by atoms with Crippen LogP contribution in [0.25, 0.3) is 0 Å². The second-order valence-corrected chi connectivity index (χ2v) is 37.2. The van der Waals surface area contributed by atoms with Crippen LogP contribution in [0.2, 0.25) is 0 Å². The Morgan fingerprint density at radius 1 is 0.236 bits per heavy atom. The monoisotopic (exact) mass is 2170 g/mol. The van der Waals surface area contributed by atoms with Gasteiger partial charge in [0, 0.05) is 119 Å². The summed E-state index contributed by atoms with van der Waals surface area (Å²) in [4.78, 5) is 69.1. The molecular weight excluding hydrogens is 1900 g/mol. The fourth-order valence-electron chi connectivity index (χ4n) is 9.70. The molecule has 0 saturated heterocycles. The van der Waals surface area contributed by atoms with Gasteiger partial charge in [0.1, 0.15) is 0 Å². The van der Waals surface area contributed by atoms with Gasteiger partial charge in [-0.1, -0.05) is 431 Å². The van der Waals surface area contributed by atoms with Crippen molar-refractivity contribution in [2.75, 3.05) is 34.3 Å². The molecule has 140 heavy (non-hydrogen) atoms. The van der Waals surface area contributed by atoms with Crippen LogP contribution in [0.3, 0.4) is 0 Å². The third-order valence-corrected chi connectivity index (χ3v) is 23.1. The van der Waals surface area contributed by atoms with Gasteiger partial charge in [-0.2, -0.15) is 0 Å². The molecule has 0 aliphatic rings. The minimum Gasteiger partial charge on any atom is -0.478 e. The van der Waals surface area contributed by atoms with Crippen molar-refractivity contribution < 1.29 is 247 Å². The highest BCUT2D eigenvalue weighted by atomic mass is 32.2. The van der Waals surface area contributed by atoms with Gasteiger partial charge in [0.2, 0.25) is 0 Å². The molecule has 0 heterocycles. The van der Waals surface area contributed by atoms with E-state index in [1.165, 1.54) is 43.5 Å². The van der Waals surface area contributed by atoms with Crippen molar-refractivity contribution in [2.24, 2.45) is 0 Å². The van der Waals surface area contributed by atoms with E-state index in [4.69, 9.17) is 142 Å². The molecule has 792 valence electrons. The highest BCUT2D eigenvalue weighted by molar-refractivity contribution is 7.92. The summed E-state index contributed by atoms with van der Waals surface area (Å²) in [6.07, 6.45) is -155. The second kappa shape index (κ2) is 78.3. The number of carbonyl (C=O) groups is 6. The molecule has 30 heteroatoms. The predicted molar refractivity (Wildman–Crippen MR) is 570 cm³/mol. The first-order valence-electron chi connectivity index (χ1n) is 90.1. The van der Waals surface area contributed by atoms with Gasteiger partial charge in [0.05, 0.1) is 120 Å². The molecule has 6 rings (SSSR count). The molecule has 0 bridgehead atoms. The van der Waals surface area contributed by atoms with E-state index in [-0.39, 0.29) is 28.2 Å². The lowest BCUT2D eigenvalue weighted by Gasteiger charge is -2.07. The Morgan fingerprint density at radius 3 is 0.757 bits per heavy atom. The van der Waals surface area contributed by atoms with E-state index in [1.54, 1.807) is 12.1 Å². The molecule has 0 radical (unpaired) electrons. The first kappa shape index (κ1) is 42.0. The fourth-order valence-corrected chi connectivity index (χ4v) is 16.1. The summed E-state index contributed by atoms with van der Waals surface area (Å²) in [5, 5.41) is 55.9. The zero-order valence-electron chi connectivity index (χ0n) is 175. The Kier molecular flexibility index (Phi) is 23.5. The van der Waals surface area contributed by atoms with Crippen LogP contribution in [0.1, 0.15) is 593 Å². The van der Waals surface area contributed by atoms with Crippen molar-refractivity contribution in [1.29, 1.82) is 0 Å². The minimum absolute atomic E-state index is 0.0113. The minimum atomic E-state index is -6.28. The van der Waals surface area contributed by atoms with Crippen LogP contribution in [-0.4, -0.2) is 151 Å². The lowest BCUT2D eigenvalue weighted by molar-refractivity contribution is 0.0685. The average molecular weight is 2170 g/mol. The first-order valence-corrected chi connectivity index (χ1v) is 50.1. The van der Waals surface area contributed by atoms with E-state index in [0.717, 1.165) is 82.1 Å². The van der Waals surface area contributed by atoms with E-state index in [0.29, 0.717) is 32.8 Å². The molecule has 0 aromatic heterocycles. The van der Waals surface area contributed by atoms with E-state index in [1.807, 2.05) is 0 Å². The van der Waals surface area contributed by atoms with Crippen molar-refractivity contribution in [1.82, 2.24) is 0 Å². The van der Waals surface area contributed by atoms with Crippen molar-refractivity contribution in [3.8, 4) is 0 Å². The van der Waals surface area contributed by atoms with Crippen molar-refractivity contribution in [3.63, 3.8) is 0 Å². The zero-order valence-corrected chi connectivity index (χ0v) is 79.7. The normalized spacial score (nSPS) is 26.5. The largest absolute Gasteiger partial charge is 0.478 e. The lowest BCUT2D eigenvalue weighted by Crippen LogP contribution is -2.12. The van der Waals surface area contributed by atoms with Crippen LogP contribution in [0.4, 0.5) is 0 Å². The van der Waals surface area contributed by atoms with Gasteiger partial charge in [-0.15, -0.1) is 0 Å². The number of carboxylic acid groups (broad SMARTS) is 6. The van der Waals surface area contributed by atoms with Gasteiger partial charge in [0.25, 0.3) is 0 Å². The molecule has 0 spiro atoms. The van der Waals surface area contributed by atoms with Crippen LogP contribution in [0, 0.1) is 0 Å². The number of hydrogen-bond donors (Lipinski definition) is 6. The van der Waals surface area contributed by atoms with E-state index >= 15 is 0 Å². The van der Waals surface area contributed by atoms with Gasteiger partial charge in [-0.25, -0.2) is 79.3 Å². The molecule has 0 aliphatic heterocycles. The summed E-state index contributed by atoms with van der Waals surface area (Å²) in [5.41, 5.74) is -29.1. The first-order chi connectivity index (χ1) is 105. The maximum Gasteiger partial charge on any atom is 0.335 e. The van der Waals surface area contributed by atoms with Gasteiger partial charge < -0.3 is 30.6 Å². The standard InChI is InChI=1S/C22H36O4S.3C18H28O4S.2C17H26O4S/c1-2-3-4-5-6-7-8-9-10-11-12-15-18-27(25,26)19-20-16-13-14-17-21(20)22(23)24;3*1-2-3-4-5-6-7-8-11-14-23(21,22)15-16-12-9-10-13-17(16)18(19)20;2*1-2-3-4-5-6-7-10-13-22(20,21)14-15-11-8-9-12-16(15)17(18)19/h13-14,16-17H,2-12,15,18-19H2,1H3,(H,23,24);3*9-10,12-13H,2-8,11,14-15H2,1H3,(H,19,20);2*8-9,11-12H,2-7,10,13-14H2,1H3,(H,18,19)/i1D3,2D2,3D2,4D2,5D2,6D2,7D2,8D2,9D2,10D2,11D2,12D2,13D,14D,15D2,16D,17D,18D2;2D2,3D2,4D2,5D2,6D2,7D2,8D2,9D,10D,11D2,12D,13D,14D2;1D3,2D2,3D2,4D2,5D2,6D2,7D2,8D2,10D,11D2,14D2;2D2,3D2,4D2,5D2,6D2,7D2,8D2,11D2,14D2;8D,9D,11D,12D;13D. The average Bonchev–Trinajstić information content (AvgIpc) is 0.681. The van der Waals surface area contributed by atoms with Gasteiger partial charge in [0.15, 0.2) is 59.0 Å². The SMILES string of the molecule is [2H]C(CCCCCCCC)S(=O)(=O)Cc1ccccc1C(=O)O.[2H]C([2H])(C)C([2H])([2H])C([2H])([2H])C([2H])([2H])C([2H])([2H])C([2H])([2H])C([2H])([2H])C([2H])([2H])C([2H])([2H])S(=O)(=O)Cc1ccccc1C(=O)O.[2H]c1c([2H])c([2H])c(C(=O)O)c(CS(=O)(=O)C([2H])([2H])C([2H])([2H])C([2H])([2H])C([2H])([2H])C([2H])([2H])C([2H])([2H])C([2H])([2H])C([2H])([2H])C([2H])([2H])C([2H])([2H])C([2H])([2H])C([2H])([2H])C([2H])([2H])C([2H])([2H])[2H])c1[2H].[2H]c1c([2H])c([2H])c(C(=O)O)c(CS(=O)(=O)C([2H])([2H])C([2H])([2H])C([2H])([2H])C([2H])([2H])C([2H])([2H])C([2H])([2H])C([2H])([2H])C([2H])([2H])C([2H])([2H])C)c1[2H].[2H]c1c([2H])c([2H])c(C(=O)O)c(CS(=O)(=O)CCCCCCCCC)c1[2H].[2H]c1ccc(CS(=O)(=O)C([2H])([2H])C([2H])([2H])C([2H])([2H])C([2H])([2H])C([2H])([2H])C([2H])([2H])C([2H])([2H])C([2H])([2H])C([2H])([2H])C([2H])([2H])[2H])c(C(=O)O)c1. The number of sulfone groups is 6. The van der Waals surface area contributed by atoms with E-state index in [2.05, 4.69) is 13.8 Å². The van der Waals surface area contributed by atoms with Crippen LogP contribution in [-0.2, 0) is 93.5 Å². The fraction of sp³-hybridized carbons (Fsp3) is 0.618. The number of benzene rings is 6. The Balaban J connectivity index is 0.00000147. The van der Waals surface area contributed by atoms with Gasteiger partial charge in [-0.3, -0.25) is 0 Å². The molecule has 24 nitrogen and oxygen atoms in total. The van der Waals surface area contributed by atoms with Crippen LogP contribution < -0.4 is 0 Å². The Hall–Kier alpha value is -8.16. The number of aromatic carboxylic acids is 6. The van der Waals surface area contributed by atoms with Crippen molar-refractivity contribution in [3.05, 3.63) is 212 Å². The topological polar surface area (TPSA) is 429 Å². The number of unbranched alkanes of at least 4 members (excludes halogenated alkanes) is 11. The number of hydrogen-bond acceptors (Lipinski definition) is 18. The summed E-state index contributed by atoms with van der Waals surface area (Å²) in [5.74, 6) is -19.2. The highest BCUT2D eigenvalue weighted by Gasteiger charge is 2.24. The number of rotatable bonds is 74. The Labute approximate surface area is 983 Å². The third-order valence-electron chi connectivity index (χ3n) is 15.6. The summed E-state index contributed by atoms with van der Waals surface area (Å²) in [6, 6.07) is -0.730. The quantitative estimate of drug-likeness (QED) is 0.0193. The Morgan fingerprint density at radius 2 is 0.464 bits per heavy atom. The molecule has 0 aliphatic carbocycles. The lowest BCUT2D eigenvalue weighted by atomic mass is 10.1. The molecule has 0 fully saturated rings. The molecule has 0 amide bonds. The summed E-state index contributed by atoms with van der Waals surface area (Å²) in [6.45, 7) is -3.01. The third kappa shape index (κ3) is 66.6. The predicted octanol–water partition coefficient (Wildman–Crippen LogP) is 27.4. The van der Waals surface area contributed by atoms with Crippen molar-refractivity contribution >= 4 is 94.8 Å². The van der Waals surface area contributed by atoms with Gasteiger partial charge in [-0.05, 0) is 108 Å². The molecule has 6 aromatic carbocycles. The van der Waals surface area contributed by atoms with E-state index < -0.39 is 524 Å². The highest BCUT2D eigenvalue weighted by Crippen LogP contribution is 2.25. The maximum atomic E-state index is 13.5. The molecule has 1 atom stereocenters. The molecule has 1 unspecified atom stereocenters. The van der Waals surface area contributed by atoms with E-state index in [9.17, 15) is 105 Å². The molecular formula is C110H172O24S6. The molecule has 0 saturated carbocycles. The second-order valence-electron chi connectivity index (χ2n) is 26.2. The smallest absolute Gasteiger partial charge is 0.335 e. The molecule has 6 aromatic rings. The number of carboxylic acids is 6. The van der Waals surface area contributed by atoms with Crippen LogP contribution in [0.5, 0.6) is 0 Å². The maximum absolute atomic E-state index is 13.5. The molecule has 6 N–H and O–H groups in total. The van der Waals surface area contributed by atoms with Crippen molar-refractivity contribution in [2.45, 2.75) is 395 Å². The van der Waals surface area contributed by atoms with Gasteiger partial charge >= 0.3 is 35.8 Å².